The van der Waals surface area contributed by atoms with Crippen molar-refractivity contribution in [3.8, 4) is 0 Å². The van der Waals surface area contributed by atoms with E-state index < -0.39 is 0 Å². The average molecular weight is 196 g/mol. The van der Waals surface area contributed by atoms with Gasteiger partial charge in [0.2, 0.25) is 0 Å². The molecule has 1 aromatic heterocycles. The Morgan fingerprint density at radius 1 is 1.54 bits per heavy atom. The lowest BCUT2D eigenvalue weighted by Crippen LogP contribution is -2.37. The minimum atomic E-state index is 0.152. The molecule has 0 atom stereocenters. The minimum absolute atomic E-state index is 0.152. The zero-order valence-electron chi connectivity index (χ0n) is 8.05. The maximum Gasteiger partial charge on any atom is 0.0535 e. The molecular weight excluding hydrogens is 180 g/mol. The Labute approximate surface area is 83.4 Å². The first kappa shape index (κ1) is 9.22. The summed E-state index contributed by atoms with van der Waals surface area (Å²) in [6, 6.07) is 2.20. The van der Waals surface area contributed by atoms with Gasteiger partial charge >= 0.3 is 0 Å². The van der Waals surface area contributed by atoms with Crippen LogP contribution >= 0.6 is 11.3 Å². The van der Waals surface area contributed by atoms with Crippen molar-refractivity contribution in [2.75, 3.05) is 6.61 Å². The molecule has 0 radical (unpaired) electrons. The zero-order valence-corrected chi connectivity index (χ0v) is 8.86. The van der Waals surface area contributed by atoms with E-state index >= 15 is 0 Å². The molecule has 0 saturated heterocycles. The highest BCUT2D eigenvalue weighted by Gasteiger charge is 2.40. The molecule has 0 unspecified atom stereocenters. The van der Waals surface area contributed by atoms with Gasteiger partial charge in [-0.2, -0.15) is 0 Å². The van der Waals surface area contributed by atoms with Crippen LogP contribution in [0.15, 0.2) is 11.4 Å². The van der Waals surface area contributed by atoms with Gasteiger partial charge in [0.05, 0.1) is 6.61 Å². The molecule has 0 aromatic carbocycles. The molecule has 0 aliphatic heterocycles. The first-order chi connectivity index (χ1) is 6.32. The van der Waals surface area contributed by atoms with Crippen LogP contribution in [0, 0.1) is 0 Å². The Morgan fingerprint density at radius 3 is 2.77 bits per heavy atom. The van der Waals surface area contributed by atoms with Crippen molar-refractivity contribution in [3.05, 3.63) is 21.9 Å². The summed E-state index contributed by atoms with van der Waals surface area (Å²) in [5.41, 5.74) is 1.60. The summed E-state index contributed by atoms with van der Waals surface area (Å²) in [7, 11) is 0. The van der Waals surface area contributed by atoms with Gasteiger partial charge in [0.25, 0.3) is 0 Å². The van der Waals surface area contributed by atoms with Crippen LogP contribution in [0.5, 0.6) is 0 Å². The SMILES string of the molecule is CCc1ccsc1C1(CO)CCC1. The number of aliphatic hydroxyl groups excluding tert-OH is 1. The molecule has 13 heavy (non-hydrogen) atoms. The normalized spacial score (nSPS) is 19.8. The average Bonchev–Trinajstić information content (AvgIpc) is 2.52. The highest BCUT2D eigenvalue weighted by molar-refractivity contribution is 7.10. The van der Waals surface area contributed by atoms with Crippen molar-refractivity contribution in [2.45, 2.75) is 38.0 Å². The van der Waals surface area contributed by atoms with E-state index in [0.29, 0.717) is 6.61 Å². The number of hydrogen-bond donors (Lipinski definition) is 1. The molecule has 1 nitrogen and oxygen atoms in total. The Hall–Kier alpha value is -0.340. The van der Waals surface area contributed by atoms with E-state index in [-0.39, 0.29) is 5.41 Å². The predicted molar refractivity (Wildman–Crippen MR) is 56.3 cm³/mol. The second kappa shape index (κ2) is 3.43. The van der Waals surface area contributed by atoms with Crippen molar-refractivity contribution in [1.82, 2.24) is 0 Å². The number of rotatable bonds is 3. The summed E-state index contributed by atoms with van der Waals surface area (Å²) >= 11 is 1.82. The van der Waals surface area contributed by atoms with Crippen molar-refractivity contribution in [2.24, 2.45) is 0 Å². The first-order valence-corrected chi connectivity index (χ1v) is 5.88. The summed E-state index contributed by atoms with van der Waals surface area (Å²) in [6.07, 6.45) is 4.73. The highest BCUT2D eigenvalue weighted by Crippen LogP contribution is 2.46. The number of aliphatic hydroxyl groups is 1. The van der Waals surface area contributed by atoms with Crippen molar-refractivity contribution in [3.63, 3.8) is 0 Å². The molecule has 1 aliphatic rings. The lowest BCUT2D eigenvalue weighted by molar-refractivity contribution is 0.122. The van der Waals surface area contributed by atoms with Crippen LogP contribution in [0.3, 0.4) is 0 Å². The molecule has 1 fully saturated rings. The lowest BCUT2D eigenvalue weighted by atomic mass is 9.67. The fourth-order valence-corrected chi connectivity index (χ4v) is 3.39. The van der Waals surface area contributed by atoms with Gasteiger partial charge in [0.15, 0.2) is 0 Å². The predicted octanol–water partition coefficient (Wildman–Crippen LogP) is 2.72. The molecule has 1 aromatic rings. The third-order valence-electron chi connectivity index (χ3n) is 3.22. The summed E-state index contributed by atoms with van der Waals surface area (Å²) in [6.45, 7) is 2.52. The zero-order chi connectivity index (χ0) is 9.31. The van der Waals surface area contributed by atoms with E-state index in [2.05, 4.69) is 18.4 Å². The van der Waals surface area contributed by atoms with Crippen LogP contribution in [-0.2, 0) is 11.8 Å². The molecular formula is C11H16OS. The first-order valence-electron chi connectivity index (χ1n) is 5.00. The summed E-state index contributed by atoms with van der Waals surface area (Å²) in [5, 5.41) is 11.6. The second-order valence-corrected chi connectivity index (χ2v) is 4.84. The quantitative estimate of drug-likeness (QED) is 0.788. The van der Waals surface area contributed by atoms with E-state index in [1.54, 1.807) is 0 Å². The fourth-order valence-electron chi connectivity index (χ4n) is 2.14. The molecule has 2 rings (SSSR count). The topological polar surface area (TPSA) is 20.2 Å². The van der Waals surface area contributed by atoms with Gasteiger partial charge in [-0.15, -0.1) is 11.3 Å². The van der Waals surface area contributed by atoms with Gasteiger partial charge in [-0.3, -0.25) is 0 Å². The Balaban J connectivity index is 2.32. The number of hydrogen-bond acceptors (Lipinski definition) is 2. The van der Waals surface area contributed by atoms with Gasteiger partial charge in [-0.1, -0.05) is 13.3 Å². The largest absolute Gasteiger partial charge is 0.395 e. The summed E-state index contributed by atoms with van der Waals surface area (Å²) < 4.78 is 0. The standard InChI is InChI=1S/C11H16OS/c1-2-9-4-7-13-10(9)11(8-12)5-3-6-11/h4,7,12H,2-3,5-6,8H2,1H3. The third kappa shape index (κ3) is 1.32. The molecule has 1 saturated carbocycles. The minimum Gasteiger partial charge on any atom is -0.395 e. The number of aryl methyl sites for hydroxylation is 1. The lowest BCUT2D eigenvalue weighted by Gasteiger charge is -2.40. The summed E-state index contributed by atoms with van der Waals surface area (Å²) in [4.78, 5) is 1.45. The van der Waals surface area contributed by atoms with E-state index in [0.717, 1.165) is 6.42 Å². The van der Waals surface area contributed by atoms with Crippen LogP contribution in [0.25, 0.3) is 0 Å². The fraction of sp³-hybridized carbons (Fsp3) is 0.636. The van der Waals surface area contributed by atoms with Crippen LogP contribution in [0.1, 0.15) is 36.6 Å². The second-order valence-electron chi connectivity index (χ2n) is 3.92. The van der Waals surface area contributed by atoms with Gasteiger partial charge < -0.3 is 5.11 Å². The third-order valence-corrected chi connectivity index (χ3v) is 4.43. The van der Waals surface area contributed by atoms with Gasteiger partial charge in [0, 0.05) is 10.3 Å². The summed E-state index contributed by atoms with van der Waals surface area (Å²) in [5.74, 6) is 0. The molecule has 0 bridgehead atoms. The van der Waals surface area contributed by atoms with Crippen molar-refractivity contribution >= 4 is 11.3 Å². The van der Waals surface area contributed by atoms with Crippen LogP contribution in [-0.4, -0.2) is 11.7 Å². The van der Waals surface area contributed by atoms with Gasteiger partial charge in [-0.25, -0.2) is 0 Å². The van der Waals surface area contributed by atoms with E-state index in [9.17, 15) is 5.11 Å². The van der Waals surface area contributed by atoms with Crippen LogP contribution < -0.4 is 0 Å². The molecule has 0 amide bonds. The molecule has 2 heteroatoms. The van der Waals surface area contributed by atoms with E-state index in [4.69, 9.17) is 0 Å². The number of thiophene rings is 1. The van der Waals surface area contributed by atoms with E-state index in [1.165, 1.54) is 29.7 Å². The van der Waals surface area contributed by atoms with Gasteiger partial charge in [0.1, 0.15) is 0 Å². The Bertz CT molecular complexity index is 281. The van der Waals surface area contributed by atoms with Crippen molar-refractivity contribution < 1.29 is 5.11 Å². The highest BCUT2D eigenvalue weighted by atomic mass is 32.1. The maximum absolute atomic E-state index is 9.43. The van der Waals surface area contributed by atoms with E-state index in [1.807, 2.05) is 11.3 Å². The molecule has 1 aliphatic carbocycles. The molecule has 0 spiro atoms. The smallest absolute Gasteiger partial charge is 0.0535 e. The Kier molecular flexibility index (Phi) is 2.43. The molecule has 72 valence electrons. The van der Waals surface area contributed by atoms with Gasteiger partial charge in [-0.05, 0) is 36.3 Å². The molecule has 1 heterocycles. The monoisotopic (exact) mass is 196 g/mol. The molecule has 1 N–H and O–H groups in total. The van der Waals surface area contributed by atoms with Crippen LogP contribution in [0.4, 0.5) is 0 Å². The Morgan fingerprint density at radius 2 is 2.31 bits per heavy atom. The maximum atomic E-state index is 9.43. The van der Waals surface area contributed by atoms with Crippen LogP contribution in [0.2, 0.25) is 0 Å². The van der Waals surface area contributed by atoms with Crippen molar-refractivity contribution in [1.29, 1.82) is 0 Å².